The van der Waals surface area contributed by atoms with Gasteiger partial charge in [0.2, 0.25) is 11.8 Å². The average Bonchev–Trinajstić information content (AvgIpc) is 3.88. The molecular formula is C42H46F2N12O2. The number of hydrogen-bond donors (Lipinski definition) is 2. The molecule has 0 saturated heterocycles. The number of aromatic nitrogens is 7. The van der Waals surface area contributed by atoms with E-state index in [0.29, 0.717) is 70.2 Å². The molecule has 0 bridgehead atoms. The van der Waals surface area contributed by atoms with Gasteiger partial charge in [-0.05, 0) is 56.6 Å². The maximum Gasteiger partial charge on any atom is 0.265 e. The molecular weight excluding hydrogens is 743 g/mol. The van der Waals surface area contributed by atoms with Gasteiger partial charge in [0.15, 0.2) is 5.82 Å². The molecule has 300 valence electrons. The fraction of sp³-hybridized carbons (Fsp3) is 0.381. The molecule has 6 aromatic rings. The minimum Gasteiger partial charge on any atom is -0.380 e. The Morgan fingerprint density at radius 3 is 2.71 bits per heavy atom. The summed E-state index contributed by atoms with van der Waals surface area (Å²) in [4.78, 5) is 35.5. The first kappa shape index (κ1) is 37.4. The summed E-state index contributed by atoms with van der Waals surface area (Å²) in [5, 5.41) is 22.3. The van der Waals surface area contributed by atoms with Crippen molar-refractivity contribution in [3.05, 3.63) is 83.6 Å². The molecule has 1 atom stereocenters. The summed E-state index contributed by atoms with van der Waals surface area (Å²) in [6.45, 7) is 6.93. The predicted molar refractivity (Wildman–Crippen MR) is 218 cm³/mol. The number of likely N-dealkylation sites (N-methyl/N-ethyl adjacent to an activating group) is 1. The zero-order valence-electron chi connectivity index (χ0n) is 33.0. The number of fused-ring (bicyclic) bond motifs is 4. The molecule has 1 unspecified atom stereocenters. The number of carbonyl (C=O) groups excluding carboxylic acids is 2. The van der Waals surface area contributed by atoms with E-state index in [1.54, 1.807) is 17.7 Å². The number of nitrogens with zero attached hydrogens (tertiary/aromatic N) is 10. The van der Waals surface area contributed by atoms with Gasteiger partial charge in [-0.2, -0.15) is 15.3 Å². The lowest BCUT2D eigenvalue weighted by Gasteiger charge is -2.32. The zero-order valence-corrected chi connectivity index (χ0v) is 33.0. The van der Waals surface area contributed by atoms with E-state index >= 15 is 0 Å². The lowest BCUT2D eigenvalue weighted by atomic mass is 9.99. The van der Waals surface area contributed by atoms with Gasteiger partial charge in [0, 0.05) is 98.2 Å². The van der Waals surface area contributed by atoms with E-state index in [-0.39, 0.29) is 23.4 Å². The molecule has 3 aliphatic heterocycles. The number of carbonyl (C=O) groups is 2. The van der Waals surface area contributed by atoms with Gasteiger partial charge in [-0.1, -0.05) is 18.2 Å². The Morgan fingerprint density at radius 2 is 1.91 bits per heavy atom. The lowest BCUT2D eigenvalue weighted by molar-refractivity contribution is -0.129. The smallest absolute Gasteiger partial charge is 0.265 e. The standard InChI is InChI=1S/C42H46F2N12O2/c1-25-17-38(58)48-34-8-5-7-30(40(34)47-25)27-10-11-35-31(18-27)39(29-21-46-52(4)22-29)49-56(35)24-51(3)15-16-55-36-12-14-53(26(2)57)23-32(36)42(50-55)54-13-6-9-33-37(54)19-28(20-45-33)41(43)44/h5,7-8,10-11,18-22,25,41,47H,6,9,12-17,23-24H2,1-4H3,(H,48,58). The maximum absolute atomic E-state index is 13.8. The van der Waals surface area contributed by atoms with Crippen LogP contribution < -0.4 is 15.5 Å². The molecule has 0 aliphatic carbocycles. The van der Waals surface area contributed by atoms with E-state index in [1.165, 1.54) is 6.20 Å². The van der Waals surface area contributed by atoms with Crippen LogP contribution in [0.4, 0.5) is 31.7 Å². The van der Waals surface area contributed by atoms with E-state index in [0.717, 1.165) is 68.0 Å². The van der Waals surface area contributed by atoms with Crippen LogP contribution in [-0.2, 0) is 49.2 Å². The number of alkyl halides is 2. The molecule has 7 heterocycles. The summed E-state index contributed by atoms with van der Waals surface area (Å²) in [7, 11) is 3.94. The summed E-state index contributed by atoms with van der Waals surface area (Å²) < 4.78 is 33.5. The molecule has 0 radical (unpaired) electrons. The predicted octanol–water partition coefficient (Wildman–Crippen LogP) is 6.35. The lowest BCUT2D eigenvalue weighted by Crippen LogP contribution is -2.36. The number of hydrogen-bond acceptors (Lipinski definition) is 9. The molecule has 2 N–H and O–H groups in total. The van der Waals surface area contributed by atoms with Crippen LogP contribution in [0, 0.1) is 0 Å². The van der Waals surface area contributed by atoms with Crippen molar-refractivity contribution in [2.24, 2.45) is 7.05 Å². The number of anilines is 4. The molecule has 2 aromatic carbocycles. The third-order valence-electron chi connectivity index (χ3n) is 11.4. The molecule has 2 amide bonds. The number of aryl methyl sites for hydroxylation is 2. The number of benzene rings is 2. The van der Waals surface area contributed by atoms with E-state index < -0.39 is 6.43 Å². The summed E-state index contributed by atoms with van der Waals surface area (Å²) in [5.41, 5.74) is 9.67. The molecule has 0 spiro atoms. The highest BCUT2D eigenvalue weighted by atomic mass is 19.3. The fourth-order valence-electron chi connectivity index (χ4n) is 8.54. The van der Waals surface area contributed by atoms with E-state index in [4.69, 9.17) is 10.2 Å². The summed E-state index contributed by atoms with van der Waals surface area (Å²) in [5.74, 6) is 0.682. The van der Waals surface area contributed by atoms with Crippen LogP contribution in [-0.4, -0.2) is 88.7 Å². The number of nitrogens with one attached hydrogen (secondary N) is 2. The second-order valence-corrected chi connectivity index (χ2v) is 15.7. The number of para-hydroxylation sites is 1. The summed E-state index contributed by atoms with van der Waals surface area (Å²) >= 11 is 0. The Hall–Kier alpha value is -6.16. The third kappa shape index (κ3) is 6.94. The van der Waals surface area contributed by atoms with Crippen LogP contribution in [0.25, 0.3) is 33.3 Å². The first-order valence-corrected chi connectivity index (χ1v) is 19.8. The van der Waals surface area contributed by atoms with Gasteiger partial charge in [0.25, 0.3) is 6.43 Å². The minimum absolute atomic E-state index is 0.00709. The second kappa shape index (κ2) is 15.0. The second-order valence-electron chi connectivity index (χ2n) is 15.7. The Balaban J connectivity index is 1.02. The minimum atomic E-state index is -2.63. The number of halogens is 2. The highest BCUT2D eigenvalue weighted by molar-refractivity contribution is 6.02. The van der Waals surface area contributed by atoms with Gasteiger partial charge in [-0.3, -0.25) is 28.8 Å². The van der Waals surface area contributed by atoms with E-state index in [9.17, 15) is 18.4 Å². The number of rotatable bonds is 9. The van der Waals surface area contributed by atoms with Gasteiger partial charge in [-0.25, -0.2) is 13.5 Å². The Labute approximate surface area is 334 Å². The summed E-state index contributed by atoms with van der Waals surface area (Å²) in [6, 6.07) is 13.8. The van der Waals surface area contributed by atoms with Crippen LogP contribution in [0.3, 0.4) is 0 Å². The van der Waals surface area contributed by atoms with Crippen LogP contribution >= 0.6 is 0 Å². The molecule has 0 saturated carbocycles. The molecule has 3 aliphatic rings. The van der Waals surface area contributed by atoms with Crippen molar-refractivity contribution < 1.29 is 18.4 Å². The molecule has 4 aromatic heterocycles. The fourth-order valence-corrected chi connectivity index (χ4v) is 8.54. The van der Waals surface area contributed by atoms with Crippen molar-refractivity contribution in [2.45, 2.75) is 71.8 Å². The highest BCUT2D eigenvalue weighted by Crippen LogP contribution is 2.41. The first-order valence-electron chi connectivity index (χ1n) is 19.8. The normalized spacial score (nSPS) is 16.6. The summed E-state index contributed by atoms with van der Waals surface area (Å²) in [6.07, 6.45) is 4.99. The molecule has 9 rings (SSSR count). The maximum atomic E-state index is 13.8. The van der Waals surface area contributed by atoms with E-state index in [2.05, 4.69) is 56.9 Å². The van der Waals surface area contributed by atoms with E-state index in [1.807, 2.05) is 57.7 Å². The van der Waals surface area contributed by atoms with Crippen LogP contribution in [0.1, 0.15) is 55.6 Å². The Morgan fingerprint density at radius 1 is 1.05 bits per heavy atom. The molecule has 0 fully saturated rings. The first-order chi connectivity index (χ1) is 28.0. The quantitative estimate of drug-likeness (QED) is 0.172. The molecule has 14 nitrogen and oxygen atoms in total. The van der Waals surface area contributed by atoms with Gasteiger partial charge >= 0.3 is 0 Å². The van der Waals surface area contributed by atoms with Crippen molar-refractivity contribution in [3.8, 4) is 22.4 Å². The van der Waals surface area contributed by atoms with Crippen LogP contribution in [0.2, 0.25) is 0 Å². The Bertz CT molecular complexity index is 2560. The van der Waals surface area contributed by atoms with Gasteiger partial charge in [0.1, 0.15) is 5.69 Å². The monoisotopic (exact) mass is 788 g/mol. The van der Waals surface area contributed by atoms with Crippen molar-refractivity contribution >= 4 is 45.6 Å². The van der Waals surface area contributed by atoms with Gasteiger partial charge < -0.3 is 20.4 Å². The SMILES string of the molecule is CC(=O)N1CCc2c(c(N3CCCc4ncc(C(F)F)cc43)nn2CCN(C)Cn2nc(-c3cnn(C)c3)c3cc(-c4cccc5c4NC(C)CC(=O)N5)ccc32)C1. The molecule has 16 heteroatoms. The van der Waals surface area contributed by atoms with Crippen LogP contribution in [0.5, 0.6) is 0 Å². The third-order valence-corrected chi connectivity index (χ3v) is 11.4. The largest absolute Gasteiger partial charge is 0.380 e. The van der Waals surface area contributed by atoms with Crippen molar-refractivity contribution in [3.63, 3.8) is 0 Å². The Kier molecular flexibility index (Phi) is 9.66. The number of amides is 2. The van der Waals surface area contributed by atoms with Crippen molar-refractivity contribution in [1.29, 1.82) is 0 Å². The topological polar surface area (TPSA) is 134 Å². The van der Waals surface area contributed by atoms with Crippen LogP contribution in [0.15, 0.2) is 61.1 Å². The highest BCUT2D eigenvalue weighted by Gasteiger charge is 2.32. The zero-order chi connectivity index (χ0) is 40.2. The van der Waals surface area contributed by atoms with Crippen molar-refractivity contribution in [1.82, 2.24) is 44.1 Å². The number of pyridine rings is 1. The average molecular weight is 789 g/mol. The van der Waals surface area contributed by atoms with Gasteiger partial charge in [0.05, 0.1) is 54.2 Å². The van der Waals surface area contributed by atoms with Gasteiger partial charge in [-0.15, -0.1) is 0 Å². The molecule has 58 heavy (non-hydrogen) atoms. The van der Waals surface area contributed by atoms with Crippen molar-refractivity contribution in [2.75, 3.05) is 42.2 Å².